The number of rotatable bonds is 18. The molecule has 11 heteroatoms. The van der Waals surface area contributed by atoms with E-state index in [0.29, 0.717) is 11.5 Å². The molecule has 0 unspecified atom stereocenters. The summed E-state index contributed by atoms with van der Waals surface area (Å²) in [6.07, 6.45) is -0.924. The number of benzene rings is 4. The van der Waals surface area contributed by atoms with Crippen LogP contribution < -0.4 is 10.1 Å². The highest BCUT2D eigenvalue weighted by Crippen LogP contribution is 2.51. The van der Waals surface area contributed by atoms with Crippen molar-refractivity contribution in [2.45, 2.75) is 43.3 Å². The number of aliphatic carboxylic acids is 1. The van der Waals surface area contributed by atoms with E-state index in [1.807, 2.05) is 103 Å². The number of carbonyl (C=O) groups excluding carboxylic acids is 1. The lowest BCUT2D eigenvalue weighted by Crippen LogP contribution is -2.46. The molecule has 2 atom stereocenters. The number of thioether (sulfide) groups is 1. The van der Waals surface area contributed by atoms with Crippen LogP contribution in [0.25, 0.3) is 0 Å². The van der Waals surface area contributed by atoms with Crippen molar-refractivity contribution >= 4 is 31.4 Å². The number of amides is 1. The second-order valence-electron chi connectivity index (χ2n) is 10.4. The van der Waals surface area contributed by atoms with Crippen molar-refractivity contribution in [2.24, 2.45) is 0 Å². The van der Waals surface area contributed by atoms with Gasteiger partial charge in [0.15, 0.2) is 0 Å². The van der Waals surface area contributed by atoms with Crippen molar-refractivity contribution < 1.29 is 37.8 Å². The summed E-state index contributed by atoms with van der Waals surface area (Å²) in [6.45, 7) is 0.0897. The quantitative estimate of drug-likeness (QED) is 0.103. The fourth-order valence-electron chi connectivity index (χ4n) is 4.44. The van der Waals surface area contributed by atoms with Gasteiger partial charge in [-0.3, -0.25) is 9.36 Å². The monoisotopic (exact) mass is 663 g/mol. The van der Waals surface area contributed by atoms with Gasteiger partial charge in [0.25, 0.3) is 0 Å². The third kappa shape index (κ3) is 11.7. The number of hydrogen-bond donors (Lipinski definition) is 2. The predicted molar refractivity (Wildman–Crippen MR) is 179 cm³/mol. The summed E-state index contributed by atoms with van der Waals surface area (Å²) in [6, 6.07) is 34.1. The first-order valence-corrected chi connectivity index (χ1v) is 17.5. The van der Waals surface area contributed by atoms with Gasteiger partial charge in [0, 0.05) is 5.75 Å². The van der Waals surface area contributed by atoms with Crippen LogP contribution in [0.5, 0.6) is 5.75 Å². The molecule has 4 rings (SSSR count). The molecule has 2 N–H and O–H groups in total. The number of carboxylic acid groups (broad SMARTS) is 1. The number of carboxylic acids is 1. The van der Waals surface area contributed by atoms with E-state index in [-0.39, 0.29) is 32.4 Å². The lowest BCUT2D eigenvalue weighted by atomic mass is 10.1. The summed E-state index contributed by atoms with van der Waals surface area (Å²) >= 11 is 1.15. The van der Waals surface area contributed by atoms with Crippen LogP contribution in [0.3, 0.4) is 0 Å². The second kappa shape index (κ2) is 18.2. The predicted octanol–water partition coefficient (Wildman–Crippen LogP) is 7.69. The first kappa shape index (κ1) is 34.8. The lowest BCUT2D eigenvalue weighted by molar-refractivity contribution is -0.136. The van der Waals surface area contributed by atoms with Crippen LogP contribution in [0.2, 0.25) is 0 Å². The fraction of sp³-hybridized carbons (Fsp3) is 0.257. The van der Waals surface area contributed by atoms with Crippen molar-refractivity contribution in [1.29, 1.82) is 0 Å². The zero-order chi connectivity index (χ0) is 32.6. The molecule has 9 nitrogen and oxygen atoms in total. The van der Waals surface area contributed by atoms with E-state index < -0.39 is 31.0 Å². The van der Waals surface area contributed by atoms with Crippen molar-refractivity contribution in [3.63, 3.8) is 0 Å². The third-order valence-electron chi connectivity index (χ3n) is 6.97. The smallest absolute Gasteiger partial charge is 0.407 e. The van der Waals surface area contributed by atoms with E-state index >= 15 is 0 Å². The van der Waals surface area contributed by atoms with Crippen molar-refractivity contribution in [3.05, 3.63) is 138 Å². The Kier molecular flexibility index (Phi) is 13.7. The first-order valence-electron chi connectivity index (χ1n) is 14.7. The number of carbonyl (C=O) groups is 2. The van der Waals surface area contributed by atoms with E-state index in [1.165, 1.54) is 0 Å². The maximum Gasteiger partial charge on any atom is 0.407 e. The van der Waals surface area contributed by atoms with Crippen LogP contribution in [0.1, 0.15) is 28.7 Å². The van der Waals surface area contributed by atoms with Crippen molar-refractivity contribution in [1.82, 2.24) is 5.32 Å². The van der Waals surface area contributed by atoms with Gasteiger partial charge in [-0.15, -0.1) is 11.8 Å². The minimum absolute atomic E-state index is 0.00608. The van der Waals surface area contributed by atoms with Gasteiger partial charge >= 0.3 is 19.7 Å². The van der Waals surface area contributed by atoms with Crippen LogP contribution in [0.4, 0.5) is 4.79 Å². The average molecular weight is 664 g/mol. The zero-order valence-electron chi connectivity index (χ0n) is 25.5. The maximum absolute atomic E-state index is 14.1. The van der Waals surface area contributed by atoms with E-state index in [9.17, 15) is 19.3 Å². The van der Waals surface area contributed by atoms with Crippen LogP contribution in [0.15, 0.2) is 115 Å². The van der Waals surface area contributed by atoms with Crippen LogP contribution >= 0.6 is 19.4 Å². The zero-order valence-corrected chi connectivity index (χ0v) is 27.2. The molecule has 0 fully saturated rings. The molecule has 4 aromatic rings. The summed E-state index contributed by atoms with van der Waals surface area (Å²) < 4.78 is 36.6. The molecule has 0 heterocycles. The van der Waals surface area contributed by atoms with Gasteiger partial charge in [0.1, 0.15) is 17.6 Å². The van der Waals surface area contributed by atoms with E-state index in [0.717, 1.165) is 34.0 Å². The first-order chi connectivity index (χ1) is 22.3. The number of methoxy groups -OCH3 is 1. The van der Waals surface area contributed by atoms with Gasteiger partial charge in [-0.1, -0.05) is 103 Å². The van der Waals surface area contributed by atoms with Gasteiger partial charge in [-0.05, 0) is 40.8 Å². The number of ether oxygens (including phenoxy) is 2. The Balaban J connectivity index is 1.51. The molecule has 0 aromatic heterocycles. The number of alkyl carbamates (subject to hydrolysis) is 1. The molecule has 0 radical (unpaired) electrons. The van der Waals surface area contributed by atoms with Gasteiger partial charge in [-0.25, -0.2) is 4.79 Å². The molecule has 0 aliphatic heterocycles. The molecule has 0 bridgehead atoms. The fourth-order valence-corrected chi connectivity index (χ4v) is 7.20. The molecule has 0 spiro atoms. The molecule has 0 aliphatic rings. The highest BCUT2D eigenvalue weighted by molar-refractivity contribution is 7.99. The van der Waals surface area contributed by atoms with Crippen molar-refractivity contribution in [2.75, 3.05) is 13.3 Å². The van der Waals surface area contributed by atoms with Crippen molar-refractivity contribution in [3.8, 4) is 5.75 Å². The molecular formula is C35H38NO8PS. The van der Waals surface area contributed by atoms with Crippen LogP contribution in [0, 0.1) is 0 Å². The molecule has 0 aliphatic carbocycles. The normalized spacial score (nSPS) is 12.5. The molecule has 242 valence electrons. The Hall–Kier alpha value is -4.08. The largest absolute Gasteiger partial charge is 0.497 e. The maximum atomic E-state index is 14.1. The summed E-state index contributed by atoms with van der Waals surface area (Å²) in [7, 11) is -2.20. The SMILES string of the molecule is COc1ccc(CS[C@H](C(=O)O)[C@@H](CCP(=O)(OCc2ccccc2)OCc2ccccc2)NC(=O)OCc2ccccc2)cc1. The van der Waals surface area contributed by atoms with E-state index in [1.54, 1.807) is 19.2 Å². The average Bonchev–Trinajstić information content (AvgIpc) is 3.09. The summed E-state index contributed by atoms with van der Waals surface area (Å²) in [5.74, 6) is -0.0895. The third-order valence-corrected chi connectivity index (χ3v) is 10.2. The summed E-state index contributed by atoms with van der Waals surface area (Å²) in [5.41, 5.74) is 3.28. The molecular weight excluding hydrogens is 625 g/mol. The van der Waals surface area contributed by atoms with E-state index in [2.05, 4.69) is 5.32 Å². The van der Waals surface area contributed by atoms with Gasteiger partial charge in [0.05, 0.1) is 32.5 Å². The summed E-state index contributed by atoms with van der Waals surface area (Å²) in [4.78, 5) is 25.6. The Morgan fingerprint density at radius 3 is 1.72 bits per heavy atom. The molecule has 46 heavy (non-hydrogen) atoms. The Morgan fingerprint density at radius 2 is 1.24 bits per heavy atom. The van der Waals surface area contributed by atoms with E-state index in [4.69, 9.17) is 18.5 Å². The standard InChI is InChI=1S/C35H38NO8PS/c1-41-31-19-17-30(18-20-31)26-46-33(34(37)38)32(36-35(39)42-23-27-11-5-2-6-12-27)21-22-45(40,43-24-28-13-7-3-8-14-28)44-25-29-15-9-4-10-16-29/h2-20,32-33H,21-26H2,1H3,(H,36,39)(H,37,38)/t32-,33+/m1/s1. The minimum atomic E-state index is -3.77. The van der Waals surface area contributed by atoms with Gasteiger partial charge in [0.2, 0.25) is 0 Å². The molecule has 4 aromatic carbocycles. The minimum Gasteiger partial charge on any atom is -0.497 e. The number of nitrogens with one attached hydrogen (secondary N) is 1. The highest BCUT2D eigenvalue weighted by atomic mass is 32.2. The Morgan fingerprint density at radius 1 is 0.739 bits per heavy atom. The Labute approximate surface area is 273 Å². The highest BCUT2D eigenvalue weighted by Gasteiger charge is 2.34. The molecule has 0 saturated heterocycles. The molecule has 1 amide bonds. The van der Waals surface area contributed by atoms with Gasteiger partial charge < -0.3 is 28.9 Å². The summed E-state index contributed by atoms with van der Waals surface area (Å²) in [5, 5.41) is 11.9. The second-order valence-corrected chi connectivity index (χ2v) is 13.7. The van der Waals surface area contributed by atoms with Gasteiger partial charge in [-0.2, -0.15) is 0 Å². The number of hydrogen-bond acceptors (Lipinski definition) is 8. The Bertz CT molecular complexity index is 1490. The topological polar surface area (TPSA) is 120 Å². The van der Waals surface area contributed by atoms with Crippen LogP contribution in [-0.2, 0) is 48.7 Å². The lowest BCUT2D eigenvalue weighted by Gasteiger charge is -2.27. The molecule has 0 saturated carbocycles. The van der Waals surface area contributed by atoms with Crippen LogP contribution in [-0.4, -0.2) is 41.7 Å².